The van der Waals surface area contributed by atoms with Crippen LogP contribution in [0.25, 0.3) is 0 Å². The normalized spacial score (nSPS) is 29.9. The molecule has 0 aliphatic carbocycles. The summed E-state index contributed by atoms with van der Waals surface area (Å²) in [5.74, 6) is 1.04. The molecule has 4 heteroatoms. The molecule has 3 rings (SSSR count). The molecule has 19 heavy (non-hydrogen) atoms. The highest BCUT2D eigenvalue weighted by Crippen LogP contribution is 2.31. The number of halogens is 1. The van der Waals surface area contributed by atoms with Crippen LogP contribution < -0.4 is 10.1 Å². The minimum Gasteiger partial charge on any atom is -0.488 e. The summed E-state index contributed by atoms with van der Waals surface area (Å²) in [6.07, 6.45) is 3.85. The number of rotatable bonds is 3. The second-order valence-electron chi connectivity index (χ2n) is 5.51. The monoisotopic (exact) mass is 325 g/mol. The second kappa shape index (κ2) is 5.81. The van der Waals surface area contributed by atoms with E-state index in [2.05, 4.69) is 40.3 Å². The molecule has 0 amide bonds. The van der Waals surface area contributed by atoms with Gasteiger partial charge in [0.2, 0.25) is 0 Å². The molecule has 0 aromatic heterocycles. The summed E-state index contributed by atoms with van der Waals surface area (Å²) in [6.45, 7) is 3.94. The van der Waals surface area contributed by atoms with Crippen LogP contribution in [0.3, 0.4) is 0 Å². The number of hydrogen-bond donors (Lipinski definition) is 1. The van der Waals surface area contributed by atoms with Gasteiger partial charge in [-0.3, -0.25) is 0 Å². The van der Waals surface area contributed by atoms with E-state index in [4.69, 9.17) is 9.47 Å². The Bertz CT molecular complexity index is 452. The lowest BCUT2D eigenvalue weighted by Gasteiger charge is -2.28. The molecule has 1 fully saturated rings. The maximum absolute atomic E-state index is 5.97. The molecule has 2 aliphatic heterocycles. The van der Waals surface area contributed by atoms with E-state index < -0.39 is 0 Å². The average molecular weight is 326 g/mol. The van der Waals surface area contributed by atoms with E-state index in [1.165, 1.54) is 5.56 Å². The van der Waals surface area contributed by atoms with Gasteiger partial charge in [-0.15, -0.1) is 0 Å². The van der Waals surface area contributed by atoms with Crippen LogP contribution in [-0.2, 0) is 11.2 Å². The van der Waals surface area contributed by atoms with Gasteiger partial charge in [-0.25, -0.2) is 0 Å². The molecule has 3 atom stereocenters. The van der Waals surface area contributed by atoms with E-state index in [0.717, 1.165) is 42.6 Å². The van der Waals surface area contributed by atoms with Crippen LogP contribution >= 0.6 is 15.9 Å². The molecule has 3 nitrogen and oxygen atoms in total. The predicted octanol–water partition coefficient (Wildman–Crippen LogP) is 2.91. The molecule has 1 aromatic carbocycles. The van der Waals surface area contributed by atoms with Crippen molar-refractivity contribution in [2.75, 3.05) is 13.2 Å². The van der Waals surface area contributed by atoms with E-state index >= 15 is 0 Å². The molecule has 2 heterocycles. The van der Waals surface area contributed by atoms with Crippen LogP contribution in [-0.4, -0.2) is 31.4 Å². The molecule has 2 aliphatic rings. The summed E-state index contributed by atoms with van der Waals surface area (Å²) in [5, 5.41) is 3.63. The van der Waals surface area contributed by atoms with Crippen molar-refractivity contribution in [3.05, 3.63) is 28.2 Å². The third-order valence-corrected chi connectivity index (χ3v) is 4.38. The molecule has 0 spiro atoms. The van der Waals surface area contributed by atoms with Crippen molar-refractivity contribution in [3.63, 3.8) is 0 Å². The quantitative estimate of drug-likeness (QED) is 0.926. The molecular formula is C15H20BrNO2. The Kier molecular flexibility index (Phi) is 4.10. The molecule has 0 radical (unpaired) electrons. The maximum Gasteiger partial charge on any atom is 0.123 e. The van der Waals surface area contributed by atoms with Crippen LogP contribution in [0.2, 0.25) is 0 Å². The fourth-order valence-electron chi connectivity index (χ4n) is 2.88. The van der Waals surface area contributed by atoms with Crippen molar-refractivity contribution in [1.29, 1.82) is 0 Å². The lowest BCUT2D eigenvalue weighted by Crippen LogP contribution is -2.42. The molecular weight excluding hydrogens is 306 g/mol. The minimum atomic E-state index is 0.266. The number of benzene rings is 1. The zero-order chi connectivity index (χ0) is 13.2. The van der Waals surface area contributed by atoms with Crippen molar-refractivity contribution in [1.82, 2.24) is 5.32 Å². The van der Waals surface area contributed by atoms with Crippen LogP contribution in [0.4, 0.5) is 0 Å². The zero-order valence-corrected chi connectivity index (χ0v) is 12.8. The Morgan fingerprint density at radius 1 is 1.42 bits per heavy atom. The molecule has 3 unspecified atom stereocenters. The first-order chi connectivity index (χ1) is 9.20. The number of nitrogens with one attached hydrogen (secondary N) is 1. The first-order valence-corrected chi connectivity index (χ1v) is 7.80. The molecule has 0 bridgehead atoms. The highest BCUT2D eigenvalue weighted by molar-refractivity contribution is 9.10. The molecule has 1 aromatic rings. The third-order valence-electron chi connectivity index (χ3n) is 3.88. The molecule has 0 saturated carbocycles. The van der Waals surface area contributed by atoms with E-state index in [1.807, 2.05) is 6.07 Å². The fraction of sp³-hybridized carbons (Fsp3) is 0.600. The zero-order valence-electron chi connectivity index (χ0n) is 11.2. The minimum absolute atomic E-state index is 0.266. The van der Waals surface area contributed by atoms with Crippen molar-refractivity contribution in [3.8, 4) is 5.75 Å². The summed E-state index contributed by atoms with van der Waals surface area (Å²) in [7, 11) is 0. The number of hydrogen-bond acceptors (Lipinski definition) is 3. The lowest BCUT2D eigenvalue weighted by atomic mass is 10.0. The van der Waals surface area contributed by atoms with E-state index in [1.54, 1.807) is 0 Å². The number of ether oxygens (including phenoxy) is 2. The van der Waals surface area contributed by atoms with Crippen molar-refractivity contribution < 1.29 is 9.47 Å². The second-order valence-corrected chi connectivity index (χ2v) is 6.42. The summed E-state index contributed by atoms with van der Waals surface area (Å²) < 4.78 is 12.7. The van der Waals surface area contributed by atoms with E-state index in [-0.39, 0.29) is 6.10 Å². The van der Waals surface area contributed by atoms with Gasteiger partial charge in [0.15, 0.2) is 0 Å². The molecule has 104 valence electrons. The average Bonchev–Trinajstić information content (AvgIpc) is 2.78. The summed E-state index contributed by atoms with van der Waals surface area (Å²) >= 11 is 3.51. The Hall–Kier alpha value is -0.580. The van der Waals surface area contributed by atoms with Crippen LogP contribution in [0.5, 0.6) is 5.75 Å². The van der Waals surface area contributed by atoms with Crippen LogP contribution in [0.1, 0.15) is 25.3 Å². The summed E-state index contributed by atoms with van der Waals surface area (Å²) in [4.78, 5) is 0. The largest absolute Gasteiger partial charge is 0.488 e. The van der Waals surface area contributed by atoms with Gasteiger partial charge in [0.25, 0.3) is 0 Å². The Morgan fingerprint density at radius 2 is 2.32 bits per heavy atom. The third kappa shape index (κ3) is 3.30. The predicted molar refractivity (Wildman–Crippen MR) is 78.7 cm³/mol. The van der Waals surface area contributed by atoms with Gasteiger partial charge in [-0.2, -0.15) is 0 Å². The Morgan fingerprint density at radius 3 is 3.16 bits per heavy atom. The first-order valence-electron chi connectivity index (χ1n) is 7.01. The summed E-state index contributed by atoms with van der Waals surface area (Å²) in [5.41, 5.74) is 1.31. The van der Waals surface area contributed by atoms with Crippen LogP contribution in [0, 0.1) is 0 Å². The fourth-order valence-corrected chi connectivity index (χ4v) is 3.29. The number of fused-ring (bicyclic) bond motifs is 1. The molecule has 1 N–H and O–H groups in total. The SMILES string of the molecule is CC1CC(NCC2Cc3cc(Br)ccc3O2)CCO1. The van der Waals surface area contributed by atoms with Crippen molar-refractivity contribution in [2.24, 2.45) is 0 Å². The smallest absolute Gasteiger partial charge is 0.123 e. The molecule has 1 saturated heterocycles. The lowest BCUT2D eigenvalue weighted by molar-refractivity contribution is 0.0119. The van der Waals surface area contributed by atoms with E-state index in [0.29, 0.717) is 12.1 Å². The van der Waals surface area contributed by atoms with Gasteiger partial charge in [-0.05, 0) is 43.5 Å². The highest BCUT2D eigenvalue weighted by Gasteiger charge is 2.25. The van der Waals surface area contributed by atoms with Gasteiger partial charge in [0.05, 0.1) is 6.10 Å². The maximum atomic E-state index is 5.97. The van der Waals surface area contributed by atoms with Crippen LogP contribution in [0.15, 0.2) is 22.7 Å². The van der Waals surface area contributed by atoms with Gasteiger partial charge in [-0.1, -0.05) is 15.9 Å². The van der Waals surface area contributed by atoms with Gasteiger partial charge in [0.1, 0.15) is 11.9 Å². The Balaban J connectivity index is 1.50. The highest BCUT2D eigenvalue weighted by atomic mass is 79.9. The van der Waals surface area contributed by atoms with Gasteiger partial charge >= 0.3 is 0 Å². The van der Waals surface area contributed by atoms with E-state index in [9.17, 15) is 0 Å². The standard InChI is InChI=1S/C15H20BrNO2/c1-10-6-13(4-5-18-10)17-9-14-8-11-7-12(16)2-3-15(11)19-14/h2-3,7,10,13-14,17H,4-6,8-9H2,1H3. The summed E-state index contributed by atoms with van der Waals surface area (Å²) in [6, 6.07) is 6.82. The van der Waals surface area contributed by atoms with Crippen molar-refractivity contribution >= 4 is 15.9 Å². The van der Waals surface area contributed by atoms with Gasteiger partial charge < -0.3 is 14.8 Å². The van der Waals surface area contributed by atoms with Gasteiger partial charge in [0, 0.05) is 30.1 Å². The first kappa shape index (κ1) is 13.4. The topological polar surface area (TPSA) is 30.5 Å². The van der Waals surface area contributed by atoms with Crippen molar-refractivity contribution in [2.45, 2.75) is 44.4 Å². The Labute approximate surface area is 122 Å².